The van der Waals surface area contributed by atoms with Crippen LogP contribution in [0.25, 0.3) is 0 Å². The summed E-state index contributed by atoms with van der Waals surface area (Å²) < 4.78 is 2.56. The summed E-state index contributed by atoms with van der Waals surface area (Å²) in [7, 11) is 1.83. The molecule has 0 radical (unpaired) electrons. The van der Waals surface area contributed by atoms with E-state index in [4.69, 9.17) is 5.11 Å². The van der Waals surface area contributed by atoms with Gasteiger partial charge in [0.15, 0.2) is 4.34 Å². The maximum absolute atomic E-state index is 10.5. The smallest absolute Gasteiger partial charge is 0.309 e. The molecule has 8 heteroatoms. The third-order valence-corrected chi connectivity index (χ3v) is 4.06. The van der Waals surface area contributed by atoms with E-state index in [2.05, 4.69) is 15.1 Å². The van der Waals surface area contributed by atoms with Crippen LogP contribution in [0.3, 0.4) is 0 Å². The van der Waals surface area contributed by atoms with Crippen molar-refractivity contribution < 1.29 is 9.90 Å². The third kappa shape index (κ3) is 3.27. The van der Waals surface area contributed by atoms with E-state index in [0.29, 0.717) is 11.4 Å². The average molecular weight is 270 g/mol. The molecule has 0 aliphatic heterocycles. The highest BCUT2D eigenvalue weighted by Gasteiger charge is 2.08. The van der Waals surface area contributed by atoms with E-state index in [1.165, 1.54) is 29.4 Å². The minimum absolute atomic E-state index is 0.0268. The molecule has 90 valence electrons. The van der Waals surface area contributed by atoms with Crippen molar-refractivity contribution in [1.29, 1.82) is 0 Å². The summed E-state index contributed by atoms with van der Waals surface area (Å²) in [5.41, 5.74) is 0.600. The Labute approximate surface area is 106 Å². The largest absolute Gasteiger partial charge is 0.481 e. The van der Waals surface area contributed by atoms with Gasteiger partial charge in [-0.3, -0.25) is 9.48 Å². The van der Waals surface area contributed by atoms with E-state index >= 15 is 0 Å². The van der Waals surface area contributed by atoms with Crippen LogP contribution in [0.4, 0.5) is 0 Å². The molecule has 2 aromatic heterocycles. The maximum Gasteiger partial charge on any atom is 0.309 e. The number of hydrogen-bond acceptors (Lipinski definition) is 6. The number of aliphatic carboxylic acids is 1. The molecule has 0 bridgehead atoms. The lowest BCUT2D eigenvalue weighted by Crippen LogP contribution is -2.00. The number of aromatic nitrogens is 4. The normalized spacial score (nSPS) is 10.6. The number of carbonyl (C=O) groups is 1. The summed E-state index contributed by atoms with van der Waals surface area (Å²) in [4.78, 5) is 18.8. The molecule has 0 spiro atoms. The summed E-state index contributed by atoms with van der Waals surface area (Å²) in [5, 5.41) is 14.4. The number of nitrogens with zero attached hydrogens (tertiary/aromatic N) is 4. The number of aryl methyl sites for hydroxylation is 1. The molecule has 0 aliphatic rings. The van der Waals surface area contributed by atoms with Crippen molar-refractivity contribution in [2.75, 3.05) is 0 Å². The van der Waals surface area contributed by atoms with Gasteiger partial charge >= 0.3 is 5.97 Å². The maximum atomic E-state index is 10.5. The van der Waals surface area contributed by atoms with Crippen molar-refractivity contribution in [3.63, 3.8) is 0 Å². The Morgan fingerprint density at radius 2 is 2.47 bits per heavy atom. The van der Waals surface area contributed by atoms with E-state index < -0.39 is 5.97 Å². The third-order valence-electron chi connectivity index (χ3n) is 1.99. The lowest BCUT2D eigenvalue weighted by Gasteiger charge is -1.97. The number of carboxylic acids is 1. The first kappa shape index (κ1) is 12.1. The number of hydrogen-bond donors (Lipinski definition) is 1. The Bertz CT molecular complexity index is 523. The van der Waals surface area contributed by atoms with Crippen LogP contribution in [0.1, 0.15) is 11.5 Å². The fourth-order valence-electron chi connectivity index (χ4n) is 1.17. The zero-order valence-corrected chi connectivity index (χ0v) is 10.7. The van der Waals surface area contributed by atoms with Gasteiger partial charge in [0.05, 0.1) is 17.9 Å². The van der Waals surface area contributed by atoms with Gasteiger partial charge in [-0.15, -0.1) is 11.3 Å². The fourth-order valence-corrected chi connectivity index (χ4v) is 3.00. The van der Waals surface area contributed by atoms with Gasteiger partial charge in [-0.05, 0) is 0 Å². The zero-order chi connectivity index (χ0) is 12.3. The minimum atomic E-state index is -0.861. The Morgan fingerprint density at radius 1 is 1.65 bits per heavy atom. The van der Waals surface area contributed by atoms with Crippen molar-refractivity contribution in [1.82, 2.24) is 19.7 Å². The van der Waals surface area contributed by atoms with Crippen LogP contribution in [0.5, 0.6) is 0 Å². The van der Waals surface area contributed by atoms with Crippen molar-refractivity contribution >= 4 is 29.1 Å². The molecular weight excluding hydrogens is 260 g/mol. The first-order valence-electron chi connectivity index (χ1n) is 4.77. The SMILES string of the molecule is Cn1ncnc1CSc1nc(CC(=O)O)cs1. The molecule has 0 amide bonds. The number of thioether (sulfide) groups is 1. The van der Waals surface area contributed by atoms with Crippen molar-refractivity contribution in [2.24, 2.45) is 7.05 Å². The van der Waals surface area contributed by atoms with Crippen LogP contribution in [0.15, 0.2) is 16.0 Å². The van der Waals surface area contributed by atoms with Crippen LogP contribution in [0.2, 0.25) is 0 Å². The van der Waals surface area contributed by atoms with Gasteiger partial charge in [-0.2, -0.15) is 5.10 Å². The summed E-state index contributed by atoms with van der Waals surface area (Å²) in [6, 6.07) is 0. The molecule has 0 saturated carbocycles. The molecular formula is C9H10N4O2S2. The summed E-state index contributed by atoms with van der Waals surface area (Å²) in [6.07, 6.45) is 1.48. The first-order valence-corrected chi connectivity index (χ1v) is 6.63. The second-order valence-corrected chi connectivity index (χ2v) is 5.34. The molecule has 0 aromatic carbocycles. The second-order valence-electron chi connectivity index (χ2n) is 3.26. The van der Waals surface area contributed by atoms with Gasteiger partial charge in [-0.25, -0.2) is 9.97 Å². The van der Waals surface area contributed by atoms with E-state index in [0.717, 1.165) is 10.2 Å². The van der Waals surface area contributed by atoms with Crippen LogP contribution in [-0.2, 0) is 24.0 Å². The topological polar surface area (TPSA) is 80.9 Å². The average Bonchev–Trinajstić information content (AvgIpc) is 2.84. The molecule has 0 aliphatic carbocycles. The molecule has 2 rings (SSSR count). The number of rotatable bonds is 5. The summed E-state index contributed by atoms with van der Waals surface area (Å²) >= 11 is 2.98. The molecule has 0 atom stereocenters. The highest BCUT2D eigenvalue weighted by atomic mass is 32.2. The monoisotopic (exact) mass is 270 g/mol. The Hall–Kier alpha value is -1.41. The molecule has 2 aromatic rings. The van der Waals surface area contributed by atoms with Gasteiger partial charge in [-0.1, -0.05) is 11.8 Å². The number of thiazole rings is 1. The van der Waals surface area contributed by atoms with Crippen molar-refractivity contribution in [3.8, 4) is 0 Å². The molecule has 1 N–H and O–H groups in total. The van der Waals surface area contributed by atoms with Gasteiger partial charge in [0.1, 0.15) is 12.2 Å². The van der Waals surface area contributed by atoms with Crippen molar-refractivity contribution in [3.05, 3.63) is 23.2 Å². The first-order chi connectivity index (χ1) is 8.15. The van der Waals surface area contributed by atoms with Crippen LogP contribution in [-0.4, -0.2) is 30.8 Å². The Kier molecular flexibility index (Phi) is 3.75. The molecule has 0 unspecified atom stereocenters. The lowest BCUT2D eigenvalue weighted by atomic mass is 10.3. The zero-order valence-electron chi connectivity index (χ0n) is 9.03. The Balaban J connectivity index is 1.93. The van der Waals surface area contributed by atoms with Gasteiger partial charge in [0, 0.05) is 12.4 Å². The van der Waals surface area contributed by atoms with E-state index in [9.17, 15) is 4.79 Å². The summed E-state index contributed by atoms with van der Waals surface area (Å²) in [6.45, 7) is 0. The van der Waals surface area contributed by atoms with E-state index in [1.54, 1.807) is 10.1 Å². The Morgan fingerprint density at radius 3 is 3.12 bits per heavy atom. The predicted molar refractivity (Wildman–Crippen MR) is 64.0 cm³/mol. The molecule has 2 heterocycles. The molecule has 0 fully saturated rings. The molecule has 17 heavy (non-hydrogen) atoms. The molecule has 6 nitrogen and oxygen atoms in total. The molecule has 0 saturated heterocycles. The van der Waals surface area contributed by atoms with Gasteiger partial charge in [0.25, 0.3) is 0 Å². The summed E-state index contributed by atoms with van der Waals surface area (Å²) in [5.74, 6) is 0.682. The predicted octanol–water partition coefficient (Wildman–Crippen LogP) is 1.19. The van der Waals surface area contributed by atoms with E-state index in [1.807, 2.05) is 7.05 Å². The van der Waals surface area contributed by atoms with Crippen LogP contribution < -0.4 is 0 Å². The van der Waals surface area contributed by atoms with E-state index in [-0.39, 0.29) is 6.42 Å². The lowest BCUT2D eigenvalue weighted by molar-refractivity contribution is -0.136. The van der Waals surface area contributed by atoms with Gasteiger partial charge in [0.2, 0.25) is 0 Å². The highest BCUT2D eigenvalue weighted by Crippen LogP contribution is 2.25. The van der Waals surface area contributed by atoms with Crippen LogP contribution in [0, 0.1) is 0 Å². The number of carboxylic acid groups (broad SMARTS) is 1. The second kappa shape index (κ2) is 5.28. The van der Waals surface area contributed by atoms with Gasteiger partial charge < -0.3 is 5.11 Å². The fraction of sp³-hybridized carbons (Fsp3) is 0.333. The van der Waals surface area contributed by atoms with Crippen molar-refractivity contribution in [2.45, 2.75) is 16.5 Å². The standard InChI is InChI=1S/C9H10N4O2S2/c1-13-7(10-5-11-13)4-17-9-12-6(3-16-9)2-8(14)15/h3,5H,2,4H2,1H3,(H,14,15). The quantitative estimate of drug-likeness (QED) is 0.822. The van der Waals surface area contributed by atoms with Crippen LogP contribution >= 0.6 is 23.1 Å². The minimum Gasteiger partial charge on any atom is -0.481 e. The highest BCUT2D eigenvalue weighted by molar-refractivity contribution is 8.00.